The van der Waals surface area contributed by atoms with Crippen molar-refractivity contribution in [1.29, 1.82) is 0 Å². The smallest absolute Gasteiger partial charge is 0.257 e. The van der Waals surface area contributed by atoms with E-state index in [4.69, 9.17) is 4.74 Å². The van der Waals surface area contributed by atoms with Crippen LogP contribution in [-0.2, 0) is 11.3 Å². The highest BCUT2D eigenvalue weighted by atomic mass is 16.5. The van der Waals surface area contributed by atoms with Gasteiger partial charge in [0.15, 0.2) is 0 Å². The Morgan fingerprint density at radius 3 is 2.31 bits per heavy atom. The summed E-state index contributed by atoms with van der Waals surface area (Å²) in [6, 6.07) is 17.3. The third kappa shape index (κ3) is 6.30. The molecule has 8 nitrogen and oxygen atoms in total. The van der Waals surface area contributed by atoms with E-state index in [9.17, 15) is 14.4 Å². The van der Waals surface area contributed by atoms with Gasteiger partial charge in [-0.25, -0.2) is 0 Å². The van der Waals surface area contributed by atoms with Crippen LogP contribution >= 0.6 is 0 Å². The fraction of sp³-hybridized carbons (Fsp3) is 0.259. The van der Waals surface area contributed by atoms with Crippen molar-refractivity contribution < 1.29 is 19.1 Å². The van der Waals surface area contributed by atoms with Gasteiger partial charge in [0.25, 0.3) is 17.7 Å². The van der Waals surface area contributed by atoms with Crippen molar-refractivity contribution in [2.24, 2.45) is 0 Å². The van der Waals surface area contributed by atoms with Gasteiger partial charge < -0.3 is 20.3 Å². The molecule has 3 amide bonds. The first kappa shape index (κ1) is 24.1. The SMILES string of the molecule is CC1CN(C(=O)c2ccc(CNC(=O)c3cccc(NC(=O)c4cccnc4)c3)cc2)CC(C)O1. The second kappa shape index (κ2) is 10.9. The van der Waals surface area contributed by atoms with E-state index < -0.39 is 0 Å². The molecule has 1 aliphatic heterocycles. The minimum absolute atomic E-state index is 0.0133. The molecule has 2 aromatic carbocycles. The molecule has 0 saturated carbocycles. The molecule has 0 spiro atoms. The molecule has 2 N–H and O–H groups in total. The van der Waals surface area contributed by atoms with E-state index in [0.717, 1.165) is 5.56 Å². The lowest BCUT2D eigenvalue weighted by Crippen LogP contribution is -2.48. The molecule has 1 aromatic heterocycles. The van der Waals surface area contributed by atoms with E-state index in [0.29, 0.717) is 42.0 Å². The first-order chi connectivity index (χ1) is 16.9. The number of benzene rings is 2. The number of nitrogens with zero attached hydrogens (tertiary/aromatic N) is 2. The molecule has 35 heavy (non-hydrogen) atoms. The van der Waals surface area contributed by atoms with Gasteiger partial charge in [-0.2, -0.15) is 0 Å². The summed E-state index contributed by atoms with van der Waals surface area (Å²) in [6.07, 6.45) is 3.10. The Morgan fingerprint density at radius 2 is 1.63 bits per heavy atom. The lowest BCUT2D eigenvalue weighted by molar-refractivity contribution is -0.0586. The number of ether oxygens (including phenoxy) is 1. The number of carbonyl (C=O) groups excluding carboxylic acids is 3. The van der Waals surface area contributed by atoms with Crippen molar-refractivity contribution in [2.45, 2.75) is 32.6 Å². The van der Waals surface area contributed by atoms with Crippen molar-refractivity contribution in [3.8, 4) is 0 Å². The number of amides is 3. The molecule has 0 aliphatic carbocycles. The van der Waals surface area contributed by atoms with E-state index >= 15 is 0 Å². The summed E-state index contributed by atoms with van der Waals surface area (Å²) in [6.45, 7) is 5.38. The fourth-order valence-corrected chi connectivity index (χ4v) is 4.01. The van der Waals surface area contributed by atoms with E-state index in [1.165, 1.54) is 6.20 Å². The molecule has 1 fully saturated rings. The molecule has 0 radical (unpaired) electrons. The minimum Gasteiger partial charge on any atom is -0.372 e. The van der Waals surface area contributed by atoms with Gasteiger partial charge in [0, 0.05) is 48.8 Å². The third-order valence-corrected chi connectivity index (χ3v) is 5.67. The maximum Gasteiger partial charge on any atom is 0.257 e. The van der Waals surface area contributed by atoms with Crippen molar-refractivity contribution in [3.63, 3.8) is 0 Å². The number of anilines is 1. The molecule has 0 bridgehead atoms. The average Bonchev–Trinajstić information content (AvgIpc) is 2.87. The molecule has 3 aromatic rings. The van der Waals surface area contributed by atoms with E-state index in [1.54, 1.807) is 54.7 Å². The van der Waals surface area contributed by atoms with Gasteiger partial charge in [-0.15, -0.1) is 0 Å². The highest BCUT2D eigenvalue weighted by Crippen LogP contribution is 2.16. The second-order valence-electron chi connectivity index (χ2n) is 8.62. The predicted molar refractivity (Wildman–Crippen MR) is 132 cm³/mol. The van der Waals surface area contributed by atoms with Gasteiger partial charge in [-0.05, 0) is 61.9 Å². The second-order valence-corrected chi connectivity index (χ2v) is 8.62. The van der Waals surface area contributed by atoms with Crippen LogP contribution in [0.4, 0.5) is 5.69 Å². The molecule has 2 heterocycles. The zero-order chi connectivity index (χ0) is 24.8. The number of carbonyl (C=O) groups is 3. The van der Waals surface area contributed by atoms with Crippen LogP contribution in [0, 0.1) is 0 Å². The minimum atomic E-state index is -0.300. The molecule has 1 saturated heterocycles. The van der Waals surface area contributed by atoms with Crippen molar-refractivity contribution in [1.82, 2.24) is 15.2 Å². The van der Waals surface area contributed by atoms with Gasteiger partial charge in [-0.1, -0.05) is 18.2 Å². The number of morpholine rings is 1. The Morgan fingerprint density at radius 1 is 0.914 bits per heavy atom. The molecule has 1 aliphatic rings. The molecule has 4 rings (SSSR count). The van der Waals surface area contributed by atoms with Gasteiger partial charge in [0.05, 0.1) is 17.8 Å². The summed E-state index contributed by atoms with van der Waals surface area (Å²) < 4.78 is 5.70. The first-order valence-corrected chi connectivity index (χ1v) is 11.5. The van der Waals surface area contributed by atoms with E-state index in [1.807, 2.05) is 30.9 Å². The topological polar surface area (TPSA) is 101 Å². The Bertz CT molecular complexity index is 1190. The number of aromatic nitrogens is 1. The number of rotatable bonds is 6. The molecular weight excluding hydrogens is 444 g/mol. The third-order valence-electron chi connectivity index (χ3n) is 5.67. The van der Waals surface area contributed by atoms with E-state index in [2.05, 4.69) is 15.6 Å². The molecular formula is C27H28N4O4. The van der Waals surface area contributed by atoms with Gasteiger partial charge >= 0.3 is 0 Å². The highest BCUT2D eigenvalue weighted by Gasteiger charge is 2.26. The lowest BCUT2D eigenvalue weighted by atomic mass is 10.1. The number of pyridine rings is 1. The Labute approximate surface area is 204 Å². The average molecular weight is 473 g/mol. The molecule has 2 unspecified atom stereocenters. The van der Waals surface area contributed by atoms with Crippen LogP contribution in [0.5, 0.6) is 0 Å². The zero-order valence-corrected chi connectivity index (χ0v) is 19.7. The lowest BCUT2D eigenvalue weighted by Gasteiger charge is -2.35. The fourth-order valence-electron chi connectivity index (χ4n) is 4.01. The Hall–Kier alpha value is -4.04. The highest BCUT2D eigenvalue weighted by molar-refractivity contribution is 6.05. The molecule has 180 valence electrons. The summed E-state index contributed by atoms with van der Waals surface area (Å²) in [7, 11) is 0. The van der Waals surface area contributed by atoms with Crippen LogP contribution in [0.25, 0.3) is 0 Å². The first-order valence-electron chi connectivity index (χ1n) is 11.5. The normalized spacial score (nSPS) is 17.5. The number of nitrogens with one attached hydrogen (secondary N) is 2. The van der Waals surface area contributed by atoms with Crippen LogP contribution in [0.15, 0.2) is 73.1 Å². The monoisotopic (exact) mass is 472 g/mol. The largest absolute Gasteiger partial charge is 0.372 e. The summed E-state index contributed by atoms with van der Waals surface area (Å²) >= 11 is 0. The van der Waals surface area contributed by atoms with Crippen molar-refractivity contribution >= 4 is 23.4 Å². The maximum absolute atomic E-state index is 12.8. The summed E-state index contributed by atoms with van der Waals surface area (Å²) in [4.78, 5) is 43.6. The van der Waals surface area contributed by atoms with Crippen LogP contribution in [0.1, 0.15) is 50.5 Å². The zero-order valence-electron chi connectivity index (χ0n) is 19.7. The molecule has 8 heteroatoms. The Balaban J connectivity index is 1.33. The van der Waals surface area contributed by atoms with Crippen LogP contribution in [-0.4, -0.2) is 52.9 Å². The van der Waals surface area contributed by atoms with Crippen LogP contribution < -0.4 is 10.6 Å². The number of hydrogen-bond donors (Lipinski definition) is 2. The molecule has 2 atom stereocenters. The Kier molecular flexibility index (Phi) is 7.52. The predicted octanol–water partition coefficient (Wildman–Crippen LogP) is 3.51. The quantitative estimate of drug-likeness (QED) is 0.572. The van der Waals surface area contributed by atoms with Crippen molar-refractivity contribution in [3.05, 3.63) is 95.3 Å². The summed E-state index contributed by atoms with van der Waals surface area (Å²) in [5, 5.41) is 5.65. The maximum atomic E-state index is 12.8. The van der Waals surface area contributed by atoms with Crippen LogP contribution in [0.3, 0.4) is 0 Å². The van der Waals surface area contributed by atoms with E-state index in [-0.39, 0.29) is 29.9 Å². The van der Waals surface area contributed by atoms with Crippen LogP contribution in [0.2, 0.25) is 0 Å². The summed E-state index contributed by atoms with van der Waals surface area (Å²) in [5.74, 6) is -0.585. The van der Waals surface area contributed by atoms with Crippen molar-refractivity contribution in [2.75, 3.05) is 18.4 Å². The van der Waals surface area contributed by atoms with Gasteiger partial charge in [0.2, 0.25) is 0 Å². The summed E-state index contributed by atoms with van der Waals surface area (Å²) in [5.41, 5.74) is 2.86. The van der Waals surface area contributed by atoms with Gasteiger partial charge in [0.1, 0.15) is 0 Å². The van der Waals surface area contributed by atoms with Gasteiger partial charge in [-0.3, -0.25) is 19.4 Å². The number of hydrogen-bond acceptors (Lipinski definition) is 5. The standard InChI is InChI=1S/C27H28N4O4/c1-18-16-31(17-19(2)35-18)27(34)21-10-8-20(9-11-21)14-29-25(32)22-5-3-7-24(13-22)30-26(33)23-6-4-12-28-15-23/h3-13,15,18-19H,14,16-17H2,1-2H3,(H,29,32)(H,30,33).